The summed E-state index contributed by atoms with van der Waals surface area (Å²) in [5.74, 6) is 0.397. The normalized spacial score (nSPS) is 28.0. The minimum atomic E-state index is -0.662. The van der Waals surface area contributed by atoms with E-state index >= 15 is 0 Å². The number of rotatable bonds is 2. The first kappa shape index (κ1) is 11.4. The van der Waals surface area contributed by atoms with Gasteiger partial charge in [-0.15, -0.1) is 0 Å². The molecule has 0 radical (unpaired) electrons. The Labute approximate surface area is 103 Å². The van der Waals surface area contributed by atoms with Gasteiger partial charge in [0.15, 0.2) is 5.82 Å². The summed E-state index contributed by atoms with van der Waals surface area (Å²) in [6.45, 7) is -0.196. The van der Waals surface area contributed by atoms with Crippen molar-refractivity contribution in [3.8, 4) is 0 Å². The molecule has 3 heterocycles. The number of hydrogen-bond donors (Lipinski definition) is 3. The fraction of sp³-hybridized carbons (Fsp3) is 0.455. The van der Waals surface area contributed by atoms with Crippen LogP contribution in [-0.4, -0.2) is 43.6 Å². The Morgan fingerprint density at radius 2 is 2.33 bits per heavy atom. The molecule has 2 aromatic rings. The summed E-state index contributed by atoms with van der Waals surface area (Å²) in [5, 5.41) is 22.9. The zero-order chi connectivity index (χ0) is 12.7. The summed E-state index contributed by atoms with van der Waals surface area (Å²) in [4.78, 5) is 3.91. The molecule has 18 heavy (non-hydrogen) atoms. The highest BCUT2D eigenvalue weighted by Crippen LogP contribution is 2.33. The van der Waals surface area contributed by atoms with E-state index in [-0.39, 0.29) is 12.7 Å². The highest BCUT2D eigenvalue weighted by Gasteiger charge is 2.35. The summed E-state index contributed by atoms with van der Waals surface area (Å²) in [6, 6.07) is 3.66. The molecule has 0 saturated carbocycles. The van der Waals surface area contributed by atoms with Crippen molar-refractivity contribution in [3.63, 3.8) is 0 Å². The molecule has 1 saturated heterocycles. The molecular weight excluding hydrogens is 236 g/mol. The van der Waals surface area contributed by atoms with Gasteiger partial charge in [0.1, 0.15) is 24.1 Å². The number of hydrogen-bond acceptors (Lipinski definition) is 6. The summed E-state index contributed by atoms with van der Waals surface area (Å²) in [5.41, 5.74) is 7.25. The minimum absolute atomic E-state index is 0.196. The van der Waals surface area contributed by atoms with Crippen molar-refractivity contribution in [1.29, 1.82) is 0 Å². The molecule has 0 bridgehead atoms. The van der Waals surface area contributed by atoms with E-state index in [1.165, 1.54) is 6.33 Å². The SMILES string of the molecule is Nc1ncnn2c(C3CC(O)C(CO)O3)ccc12. The highest BCUT2D eigenvalue weighted by atomic mass is 16.5. The van der Waals surface area contributed by atoms with Crippen LogP contribution < -0.4 is 5.73 Å². The van der Waals surface area contributed by atoms with Crippen LogP contribution in [0, 0.1) is 0 Å². The van der Waals surface area contributed by atoms with E-state index < -0.39 is 12.2 Å². The van der Waals surface area contributed by atoms with Gasteiger partial charge in [0.25, 0.3) is 0 Å². The highest BCUT2D eigenvalue weighted by molar-refractivity contribution is 5.65. The number of nitrogen functional groups attached to an aromatic ring is 1. The van der Waals surface area contributed by atoms with Crippen molar-refractivity contribution in [3.05, 3.63) is 24.2 Å². The van der Waals surface area contributed by atoms with Gasteiger partial charge in [-0.3, -0.25) is 0 Å². The molecule has 3 atom stereocenters. The molecule has 0 aromatic carbocycles. The number of aromatic nitrogens is 3. The number of aliphatic hydroxyl groups is 2. The molecule has 1 aliphatic rings. The number of fused-ring (bicyclic) bond motifs is 1. The van der Waals surface area contributed by atoms with Crippen LogP contribution in [0.1, 0.15) is 18.2 Å². The molecule has 7 nitrogen and oxygen atoms in total. The molecular formula is C11H14N4O3. The fourth-order valence-electron chi connectivity index (χ4n) is 2.30. The maximum atomic E-state index is 9.73. The first-order chi connectivity index (χ1) is 8.70. The van der Waals surface area contributed by atoms with Gasteiger partial charge in [-0.2, -0.15) is 5.10 Å². The molecule has 96 valence electrons. The molecule has 1 aliphatic heterocycles. The fourth-order valence-corrected chi connectivity index (χ4v) is 2.30. The lowest BCUT2D eigenvalue weighted by Gasteiger charge is -2.11. The lowest BCUT2D eigenvalue weighted by atomic mass is 10.1. The van der Waals surface area contributed by atoms with E-state index in [4.69, 9.17) is 15.6 Å². The van der Waals surface area contributed by atoms with Crippen LogP contribution in [0.3, 0.4) is 0 Å². The van der Waals surface area contributed by atoms with Crippen LogP contribution in [0.2, 0.25) is 0 Å². The van der Waals surface area contributed by atoms with Gasteiger partial charge in [0.2, 0.25) is 0 Å². The molecule has 2 aromatic heterocycles. The van der Waals surface area contributed by atoms with Gasteiger partial charge in [0.05, 0.1) is 18.4 Å². The zero-order valence-electron chi connectivity index (χ0n) is 9.60. The summed E-state index contributed by atoms with van der Waals surface area (Å²) >= 11 is 0. The molecule has 3 unspecified atom stereocenters. The Hall–Kier alpha value is -1.70. The van der Waals surface area contributed by atoms with Gasteiger partial charge in [-0.05, 0) is 12.1 Å². The second-order valence-electron chi connectivity index (χ2n) is 4.35. The van der Waals surface area contributed by atoms with Crippen molar-refractivity contribution in [1.82, 2.24) is 14.6 Å². The maximum absolute atomic E-state index is 9.73. The second kappa shape index (κ2) is 4.20. The Balaban J connectivity index is 1.99. The van der Waals surface area contributed by atoms with E-state index in [2.05, 4.69) is 10.1 Å². The van der Waals surface area contributed by atoms with Gasteiger partial charge < -0.3 is 20.7 Å². The predicted molar refractivity (Wildman–Crippen MR) is 62.7 cm³/mol. The van der Waals surface area contributed by atoms with Gasteiger partial charge in [-0.1, -0.05) is 0 Å². The number of aliphatic hydroxyl groups excluding tert-OH is 2. The first-order valence-corrected chi connectivity index (χ1v) is 5.73. The third-order valence-electron chi connectivity index (χ3n) is 3.24. The van der Waals surface area contributed by atoms with Crippen LogP contribution in [0.4, 0.5) is 5.82 Å². The van der Waals surface area contributed by atoms with E-state index in [0.717, 1.165) is 5.69 Å². The predicted octanol–water partition coefficient (Wildman–Crippen LogP) is -0.505. The number of nitrogens with zero attached hydrogens (tertiary/aromatic N) is 3. The molecule has 3 rings (SSSR count). The van der Waals surface area contributed by atoms with Crippen molar-refractivity contribution < 1.29 is 14.9 Å². The molecule has 7 heteroatoms. The van der Waals surface area contributed by atoms with Crippen LogP contribution in [-0.2, 0) is 4.74 Å². The Morgan fingerprint density at radius 3 is 3.06 bits per heavy atom. The Kier molecular flexibility index (Phi) is 2.66. The van der Waals surface area contributed by atoms with Crippen LogP contribution in [0.15, 0.2) is 18.5 Å². The molecule has 0 spiro atoms. The third kappa shape index (κ3) is 1.64. The Morgan fingerprint density at radius 1 is 1.50 bits per heavy atom. The summed E-state index contributed by atoms with van der Waals surface area (Å²) < 4.78 is 7.25. The van der Waals surface area contributed by atoms with Crippen LogP contribution >= 0.6 is 0 Å². The topological polar surface area (TPSA) is 106 Å². The quantitative estimate of drug-likeness (QED) is 0.663. The van der Waals surface area contributed by atoms with Crippen molar-refractivity contribution in [2.45, 2.75) is 24.7 Å². The van der Waals surface area contributed by atoms with Crippen molar-refractivity contribution in [2.24, 2.45) is 0 Å². The van der Waals surface area contributed by atoms with E-state index in [1.54, 1.807) is 4.52 Å². The number of ether oxygens (including phenoxy) is 1. The minimum Gasteiger partial charge on any atom is -0.394 e. The van der Waals surface area contributed by atoms with E-state index in [1.807, 2.05) is 12.1 Å². The largest absolute Gasteiger partial charge is 0.394 e. The Bertz CT molecular complexity index is 570. The van der Waals surface area contributed by atoms with Crippen LogP contribution in [0.5, 0.6) is 0 Å². The summed E-state index contributed by atoms with van der Waals surface area (Å²) in [6.07, 6.45) is 0.306. The van der Waals surface area contributed by atoms with Crippen LogP contribution in [0.25, 0.3) is 5.52 Å². The average Bonchev–Trinajstić information content (AvgIpc) is 2.93. The van der Waals surface area contributed by atoms with Gasteiger partial charge in [0, 0.05) is 6.42 Å². The average molecular weight is 250 g/mol. The monoisotopic (exact) mass is 250 g/mol. The van der Waals surface area contributed by atoms with E-state index in [9.17, 15) is 5.11 Å². The van der Waals surface area contributed by atoms with Crippen molar-refractivity contribution >= 4 is 11.3 Å². The number of anilines is 1. The molecule has 1 fully saturated rings. The standard InChI is InChI=1S/C11H14N4O3/c12-11-7-2-1-6(15(7)14-5-13-11)9-3-8(17)10(4-16)18-9/h1-2,5,8-10,16-17H,3-4H2,(H2,12,13,14). The number of nitrogens with two attached hydrogens (primary N) is 1. The third-order valence-corrected chi connectivity index (χ3v) is 3.24. The lowest BCUT2D eigenvalue weighted by molar-refractivity contribution is -0.0239. The zero-order valence-corrected chi connectivity index (χ0v) is 9.60. The molecule has 0 aliphatic carbocycles. The summed E-state index contributed by atoms with van der Waals surface area (Å²) in [7, 11) is 0. The molecule has 4 N–H and O–H groups in total. The second-order valence-corrected chi connectivity index (χ2v) is 4.35. The van der Waals surface area contributed by atoms with Crippen molar-refractivity contribution in [2.75, 3.05) is 12.3 Å². The first-order valence-electron chi connectivity index (χ1n) is 5.73. The van der Waals surface area contributed by atoms with E-state index in [0.29, 0.717) is 17.8 Å². The van der Waals surface area contributed by atoms with Gasteiger partial charge in [-0.25, -0.2) is 9.50 Å². The maximum Gasteiger partial charge on any atom is 0.151 e. The lowest BCUT2D eigenvalue weighted by Crippen LogP contribution is -2.24. The van der Waals surface area contributed by atoms with Gasteiger partial charge >= 0.3 is 0 Å². The smallest absolute Gasteiger partial charge is 0.151 e. The molecule has 0 amide bonds.